The predicted molar refractivity (Wildman–Crippen MR) is 121 cm³/mol. The van der Waals surface area contributed by atoms with Crippen LogP contribution in [-0.4, -0.2) is 62.0 Å². The highest BCUT2D eigenvalue weighted by molar-refractivity contribution is 6.06. The van der Waals surface area contributed by atoms with Crippen molar-refractivity contribution >= 4 is 29.1 Å². The molecule has 8 heteroatoms. The maximum atomic E-state index is 12.7. The van der Waals surface area contributed by atoms with E-state index >= 15 is 0 Å². The number of benzene rings is 2. The summed E-state index contributed by atoms with van der Waals surface area (Å²) in [5.41, 5.74) is 2.95. The molecule has 2 aromatic carbocycles. The first kappa shape index (κ1) is 20.7. The number of carbonyl (C=O) groups excluding carboxylic acids is 2. The molecular weight excluding hydrogens is 394 g/mol. The van der Waals surface area contributed by atoms with Crippen molar-refractivity contribution in [1.29, 1.82) is 0 Å². The van der Waals surface area contributed by atoms with Crippen LogP contribution in [0, 0.1) is 6.92 Å². The van der Waals surface area contributed by atoms with E-state index in [1.807, 2.05) is 60.4 Å². The van der Waals surface area contributed by atoms with E-state index in [2.05, 4.69) is 20.5 Å². The number of anilines is 2. The van der Waals surface area contributed by atoms with Crippen LogP contribution in [0.4, 0.5) is 11.4 Å². The molecule has 2 aliphatic rings. The van der Waals surface area contributed by atoms with Crippen LogP contribution in [0.25, 0.3) is 0 Å². The zero-order valence-corrected chi connectivity index (χ0v) is 17.8. The van der Waals surface area contributed by atoms with Gasteiger partial charge in [0.05, 0.1) is 13.5 Å². The predicted octanol–water partition coefficient (Wildman–Crippen LogP) is 2.01. The van der Waals surface area contributed by atoms with E-state index in [9.17, 15) is 9.59 Å². The Labute approximate surface area is 181 Å². The van der Waals surface area contributed by atoms with Gasteiger partial charge in [0.15, 0.2) is 0 Å². The molecule has 0 aliphatic carbocycles. The van der Waals surface area contributed by atoms with Crippen LogP contribution in [0.15, 0.2) is 53.5 Å². The largest absolute Gasteiger partial charge is 0.497 e. The Morgan fingerprint density at radius 3 is 2.32 bits per heavy atom. The van der Waals surface area contributed by atoms with Crippen LogP contribution in [-0.2, 0) is 9.59 Å². The number of rotatable bonds is 4. The highest BCUT2D eigenvalue weighted by Gasteiger charge is 2.30. The van der Waals surface area contributed by atoms with Gasteiger partial charge in [0.1, 0.15) is 11.8 Å². The summed E-state index contributed by atoms with van der Waals surface area (Å²) < 4.78 is 5.22. The van der Waals surface area contributed by atoms with Gasteiger partial charge in [-0.15, -0.1) is 0 Å². The summed E-state index contributed by atoms with van der Waals surface area (Å²) in [6, 6.07) is 14.8. The fraction of sp³-hybridized carbons (Fsp3) is 0.348. The van der Waals surface area contributed by atoms with E-state index < -0.39 is 6.04 Å². The van der Waals surface area contributed by atoms with Gasteiger partial charge < -0.3 is 19.9 Å². The van der Waals surface area contributed by atoms with Crippen molar-refractivity contribution in [3.63, 3.8) is 0 Å². The number of ether oxygens (including phenoxy) is 1. The third kappa shape index (κ3) is 4.96. The second kappa shape index (κ2) is 9.07. The van der Waals surface area contributed by atoms with Crippen molar-refractivity contribution in [2.24, 2.45) is 4.99 Å². The molecule has 4 rings (SSSR count). The summed E-state index contributed by atoms with van der Waals surface area (Å²) in [5, 5.41) is 5.69. The summed E-state index contributed by atoms with van der Waals surface area (Å²) in [6.45, 7) is 4.99. The highest BCUT2D eigenvalue weighted by atomic mass is 16.5. The molecule has 2 aliphatic heterocycles. The topological polar surface area (TPSA) is 86.3 Å². The van der Waals surface area contributed by atoms with Gasteiger partial charge in [-0.1, -0.05) is 17.7 Å². The lowest BCUT2D eigenvalue weighted by Crippen LogP contribution is -2.56. The molecule has 0 saturated carbocycles. The number of guanidine groups is 1. The molecule has 2 aromatic rings. The van der Waals surface area contributed by atoms with Crippen molar-refractivity contribution in [1.82, 2.24) is 10.2 Å². The average molecular weight is 422 g/mol. The molecule has 1 fully saturated rings. The Kier molecular flexibility index (Phi) is 6.06. The Hall–Kier alpha value is -3.55. The van der Waals surface area contributed by atoms with Gasteiger partial charge >= 0.3 is 0 Å². The Morgan fingerprint density at radius 2 is 1.68 bits per heavy atom. The standard InChI is InChI=1S/C23H27N5O3/c1-16-3-5-17(6-4-16)24-22(30)20-15-21(29)26-23(25-20)28-13-11-27(12-14-28)18-7-9-19(31-2)10-8-18/h3-10,20H,11-15H2,1-2H3,(H,24,30)(H,25,26,29)/t20-/m0/s1. The Balaban J connectivity index is 1.39. The molecule has 2 amide bonds. The van der Waals surface area contributed by atoms with Crippen LogP contribution in [0.1, 0.15) is 12.0 Å². The van der Waals surface area contributed by atoms with Gasteiger partial charge in [0.25, 0.3) is 0 Å². The number of aryl methyl sites for hydroxylation is 1. The first-order valence-corrected chi connectivity index (χ1v) is 10.4. The Bertz CT molecular complexity index is 964. The number of hydrogen-bond acceptors (Lipinski definition) is 6. The summed E-state index contributed by atoms with van der Waals surface area (Å²) in [7, 11) is 1.65. The van der Waals surface area contributed by atoms with Crippen LogP contribution < -0.4 is 20.3 Å². The number of carbonyl (C=O) groups is 2. The maximum Gasteiger partial charge on any atom is 0.249 e. The molecule has 0 aromatic heterocycles. The quantitative estimate of drug-likeness (QED) is 0.789. The minimum Gasteiger partial charge on any atom is -0.497 e. The molecular formula is C23H27N5O3. The van der Waals surface area contributed by atoms with Crippen molar-refractivity contribution < 1.29 is 14.3 Å². The van der Waals surface area contributed by atoms with Crippen LogP contribution >= 0.6 is 0 Å². The highest BCUT2D eigenvalue weighted by Crippen LogP contribution is 2.21. The lowest BCUT2D eigenvalue weighted by molar-refractivity contribution is -0.125. The number of methoxy groups -OCH3 is 1. The molecule has 0 unspecified atom stereocenters. The first-order valence-electron chi connectivity index (χ1n) is 10.4. The Morgan fingerprint density at radius 1 is 1.03 bits per heavy atom. The molecule has 2 N–H and O–H groups in total. The molecule has 1 atom stereocenters. The molecule has 1 saturated heterocycles. The number of nitrogens with one attached hydrogen (secondary N) is 2. The lowest BCUT2D eigenvalue weighted by Gasteiger charge is -2.38. The van der Waals surface area contributed by atoms with Gasteiger partial charge in [0.2, 0.25) is 17.8 Å². The van der Waals surface area contributed by atoms with Gasteiger partial charge in [-0.2, -0.15) is 0 Å². The van der Waals surface area contributed by atoms with Crippen LogP contribution in [0.2, 0.25) is 0 Å². The van der Waals surface area contributed by atoms with Gasteiger partial charge in [0, 0.05) is 37.6 Å². The minimum absolute atomic E-state index is 0.0486. The first-order chi connectivity index (χ1) is 15.0. The van der Waals surface area contributed by atoms with E-state index in [-0.39, 0.29) is 18.2 Å². The third-order valence-electron chi connectivity index (χ3n) is 5.55. The second-order valence-electron chi connectivity index (χ2n) is 7.75. The molecule has 8 nitrogen and oxygen atoms in total. The maximum absolute atomic E-state index is 12.7. The molecule has 0 spiro atoms. The van der Waals surface area contributed by atoms with Crippen molar-refractivity contribution in [3.8, 4) is 5.75 Å². The van der Waals surface area contributed by atoms with Gasteiger partial charge in [-0.05, 0) is 43.3 Å². The molecule has 162 valence electrons. The fourth-order valence-corrected chi connectivity index (χ4v) is 3.72. The van der Waals surface area contributed by atoms with Crippen molar-refractivity contribution in [2.75, 3.05) is 43.5 Å². The van der Waals surface area contributed by atoms with Crippen LogP contribution in [0.3, 0.4) is 0 Å². The van der Waals surface area contributed by atoms with Crippen molar-refractivity contribution in [2.45, 2.75) is 19.4 Å². The van der Waals surface area contributed by atoms with Crippen molar-refractivity contribution in [3.05, 3.63) is 54.1 Å². The number of hydrogen-bond donors (Lipinski definition) is 2. The summed E-state index contributed by atoms with van der Waals surface area (Å²) in [6.07, 6.45) is 0.0486. The SMILES string of the molecule is COc1ccc(N2CCN(C3=N[C@H](C(=O)Nc4ccc(C)cc4)CC(=O)N3)CC2)cc1. The molecule has 31 heavy (non-hydrogen) atoms. The van der Waals surface area contributed by atoms with Gasteiger partial charge in [-0.25, -0.2) is 4.99 Å². The zero-order chi connectivity index (χ0) is 21.8. The van der Waals surface area contributed by atoms with E-state index in [4.69, 9.17) is 4.74 Å². The molecule has 0 bridgehead atoms. The van der Waals surface area contributed by atoms with Crippen LogP contribution in [0.5, 0.6) is 5.75 Å². The zero-order valence-electron chi connectivity index (χ0n) is 17.8. The number of amides is 2. The third-order valence-corrected chi connectivity index (χ3v) is 5.55. The molecule has 0 radical (unpaired) electrons. The summed E-state index contributed by atoms with van der Waals surface area (Å²) in [4.78, 5) is 33.8. The number of piperazine rings is 1. The van der Waals surface area contributed by atoms with E-state index in [0.29, 0.717) is 24.7 Å². The van der Waals surface area contributed by atoms with E-state index in [1.54, 1.807) is 7.11 Å². The fourth-order valence-electron chi connectivity index (χ4n) is 3.72. The number of nitrogens with zero attached hydrogens (tertiary/aromatic N) is 3. The molecule has 2 heterocycles. The summed E-state index contributed by atoms with van der Waals surface area (Å²) >= 11 is 0. The number of aliphatic imine (C=N–C) groups is 1. The van der Waals surface area contributed by atoms with E-state index in [1.165, 1.54) is 0 Å². The monoisotopic (exact) mass is 421 g/mol. The van der Waals surface area contributed by atoms with Gasteiger partial charge in [-0.3, -0.25) is 14.9 Å². The smallest absolute Gasteiger partial charge is 0.249 e. The minimum atomic E-state index is -0.732. The normalized spacial score (nSPS) is 18.8. The summed E-state index contributed by atoms with van der Waals surface area (Å²) in [5.74, 6) is 0.853. The second-order valence-corrected chi connectivity index (χ2v) is 7.75. The van der Waals surface area contributed by atoms with E-state index in [0.717, 1.165) is 30.1 Å². The average Bonchev–Trinajstić information content (AvgIpc) is 2.80. The lowest BCUT2D eigenvalue weighted by atomic mass is 10.1.